The highest BCUT2D eigenvalue weighted by atomic mass is 19.4. The quantitative estimate of drug-likeness (QED) is 0.765. The lowest BCUT2D eigenvalue weighted by Gasteiger charge is -2.38. The summed E-state index contributed by atoms with van der Waals surface area (Å²) < 4.78 is 31.7. The summed E-state index contributed by atoms with van der Waals surface area (Å²) in [5, 5.41) is 7.12. The number of benzene rings is 2. The molecule has 0 saturated carbocycles. The van der Waals surface area contributed by atoms with Gasteiger partial charge < -0.3 is 14.9 Å². The van der Waals surface area contributed by atoms with Crippen molar-refractivity contribution in [1.29, 1.82) is 0 Å². The third-order valence-corrected chi connectivity index (χ3v) is 6.03. The Morgan fingerprint density at radius 3 is 2.09 bits per heavy atom. The number of rotatable bonds is 4. The molecule has 0 aliphatic carbocycles. The molecule has 32 heavy (non-hydrogen) atoms. The summed E-state index contributed by atoms with van der Waals surface area (Å²) in [6.07, 6.45) is -1.61. The van der Waals surface area contributed by atoms with E-state index in [9.17, 15) is 18.0 Å². The number of carboxylic acid groups (broad SMARTS) is 1. The molecule has 2 saturated heterocycles. The lowest BCUT2D eigenvalue weighted by atomic mass is 9.92. The molecular weight excluding hydrogens is 421 g/mol. The van der Waals surface area contributed by atoms with Crippen LogP contribution < -0.4 is 0 Å². The van der Waals surface area contributed by atoms with Crippen molar-refractivity contribution >= 4 is 11.9 Å². The minimum atomic E-state index is -5.08. The fourth-order valence-corrected chi connectivity index (χ4v) is 4.34. The first-order chi connectivity index (χ1) is 15.3. The van der Waals surface area contributed by atoms with Crippen molar-refractivity contribution in [1.82, 2.24) is 9.80 Å². The largest absolute Gasteiger partial charge is 0.490 e. The van der Waals surface area contributed by atoms with Crippen LogP contribution in [-0.2, 0) is 11.2 Å². The zero-order chi connectivity index (χ0) is 23.1. The minimum Gasteiger partial charge on any atom is -0.475 e. The van der Waals surface area contributed by atoms with Gasteiger partial charge >= 0.3 is 12.1 Å². The van der Waals surface area contributed by atoms with Crippen LogP contribution in [-0.4, -0.2) is 65.2 Å². The van der Waals surface area contributed by atoms with Crippen LogP contribution in [0.4, 0.5) is 13.2 Å². The summed E-state index contributed by atoms with van der Waals surface area (Å²) in [5.41, 5.74) is 2.22. The number of halogens is 3. The van der Waals surface area contributed by atoms with Gasteiger partial charge in [0.1, 0.15) is 0 Å². The molecule has 2 aromatic carbocycles. The van der Waals surface area contributed by atoms with Crippen molar-refractivity contribution in [3.05, 3.63) is 71.8 Å². The van der Waals surface area contributed by atoms with Crippen molar-refractivity contribution in [3.8, 4) is 0 Å². The van der Waals surface area contributed by atoms with Crippen LogP contribution in [0, 0.1) is 5.92 Å². The number of nitrogens with zero attached hydrogens (tertiary/aromatic N) is 2. The van der Waals surface area contributed by atoms with Gasteiger partial charge in [-0.2, -0.15) is 13.2 Å². The number of carbonyl (C=O) groups is 2. The summed E-state index contributed by atoms with van der Waals surface area (Å²) in [7, 11) is 0. The Labute approximate surface area is 185 Å². The molecule has 2 aromatic rings. The van der Waals surface area contributed by atoms with Crippen LogP contribution in [0.3, 0.4) is 0 Å². The number of carbonyl (C=O) groups excluding carboxylic acids is 1. The second-order valence-corrected chi connectivity index (χ2v) is 8.11. The van der Waals surface area contributed by atoms with E-state index in [1.54, 1.807) is 0 Å². The zero-order valence-electron chi connectivity index (χ0n) is 17.7. The van der Waals surface area contributed by atoms with E-state index in [2.05, 4.69) is 40.1 Å². The monoisotopic (exact) mass is 448 g/mol. The topological polar surface area (TPSA) is 60.9 Å². The molecule has 2 fully saturated rings. The SMILES string of the molecule is O=C(O)C(F)(F)F.O=C(c1ccccc1)N1CCC2CCN(CCc3ccccc3)CC21. The molecule has 172 valence electrons. The van der Waals surface area contributed by atoms with E-state index in [1.165, 1.54) is 18.5 Å². The van der Waals surface area contributed by atoms with Gasteiger partial charge in [0.15, 0.2) is 0 Å². The number of hydrogen-bond acceptors (Lipinski definition) is 3. The second-order valence-electron chi connectivity index (χ2n) is 8.11. The molecular formula is C24H27F3N2O3. The molecule has 0 aromatic heterocycles. The number of amides is 1. The third kappa shape index (κ3) is 6.32. The number of fused-ring (bicyclic) bond motifs is 1. The normalized spacial score (nSPS) is 20.8. The summed E-state index contributed by atoms with van der Waals surface area (Å²) in [6.45, 7) is 4.19. The third-order valence-electron chi connectivity index (χ3n) is 6.03. The Bertz CT molecular complexity index is 890. The van der Waals surface area contributed by atoms with E-state index in [1.807, 2.05) is 30.3 Å². The van der Waals surface area contributed by atoms with E-state index in [-0.39, 0.29) is 5.91 Å². The molecule has 2 aliphatic rings. The number of piperidine rings is 1. The first-order valence-corrected chi connectivity index (χ1v) is 10.7. The van der Waals surface area contributed by atoms with Gasteiger partial charge in [-0.15, -0.1) is 0 Å². The first-order valence-electron chi connectivity index (χ1n) is 10.7. The molecule has 1 amide bonds. The number of carboxylic acids is 1. The average molecular weight is 448 g/mol. The predicted octanol–water partition coefficient (Wildman–Crippen LogP) is 4.10. The highest BCUT2D eigenvalue weighted by Crippen LogP contribution is 2.32. The Morgan fingerprint density at radius 1 is 0.938 bits per heavy atom. The van der Waals surface area contributed by atoms with Gasteiger partial charge in [0.05, 0.1) is 0 Å². The summed E-state index contributed by atoms with van der Waals surface area (Å²) in [6, 6.07) is 20.8. The number of hydrogen-bond donors (Lipinski definition) is 1. The van der Waals surface area contributed by atoms with Gasteiger partial charge in [0, 0.05) is 31.2 Å². The molecule has 2 aliphatic heterocycles. The van der Waals surface area contributed by atoms with Crippen molar-refractivity contribution in [2.24, 2.45) is 5.92 Å². The molecule has 2 atom stereocenters. The van der Waals surface area contributed by atoms with Gasteiger partial charge in [0.25, 0.3) is 5.91 Å². The van der Waals surface area contributed by atoms with Gasteiger partial charge in [0.2, 0.25) is 0 Å². The average Bonchev–Trinajstić information content (AvgIpc) is 3.21. The van der Waals surface area contributed by atoms with Crippen LogP contribution in [0.1, 0.15) is 28.8 Å². The van der Waals surface area contributed by atoms with E-state index in [0.29, 0.717) is 12.0 Å². The Balaban J connectivity index is 0.000000360. The molecule has 2 heterocycles. The Hall–Kier alpha value is -2.87. The van der Waals surface area contributed by atoms with E-state index >= 15 is 0 Å². The van der Waals surface area contributed by atoms with Crippen LogP contribution in [0.15, 0.2) is 60.7 Å². The lowest BCUT2D eigenvalue weighted by molar-refractivity contribution is -0.192. The maximum absolute atomic E-state index is 12.9. The number of alkyl halides is 3. The molecule has 1 N–H and O–H groups in total. The van der Waals surface area contributed by atoms with Crippen LogP contribution in [0.2, 0.25) is 0 Å². The fourth-order valence-electron chi connectivity index (χ4n) is 4.34. The van der Waals surface area contributed by atoms with Gasteiger partial charge in [-0.25, -0.2) is 4.79 Å². The van der Waals surface area contributed by atoms with Crippen molar-refractivity contribution < 1.29 is 27.9 Å². The van der Waals surface area contributed by atoms with Crippen molar-refractivity contribution in [2.75, 3.05) is 26.2 Å². The summed E-state index contributed by atoms with van der Waals surface area (Å²) in [4.78, 5) is 26.5. The zero-order valence-corrected chi connectivity index (χ0v) is 17.7. The van der Waals surface area contributed by atoms with E-state index in [0.717, 1.165) is 38.0 Å². The minimum absolute atomic E-state index is 0.206. The molecule has 8 heteroatoms. The Kier molecular flexibility index (Phi) is 7.90. The standard InChI is InChI=1S/C22H26N2O.C2HF3O2/c25-22(20-9-5-2-6-10-20)24-16-13-19-12-15-23(17-21(19)24)14-11-18-7-3-1-4-8-18;3-2(4,5)1(6)7/h1-10,19,21H,11-17H2;(H,6,7). The fraction of sp³-hybridized carbons (Fsp3) is 0.417. The molecule has 5 nitrogen and oxygen atoms in total. The van der Waals surface area contributed by atoms with Crippen LogP contribution in [0.5, 0.6) is 0 Å². The summed E-state index contributed by atoms with van der Waals surface area (Å²) >= 11 is 0. The smallest absolute Gasteiger partial charge is 0.475 e. The molecule has 0 spiro atoms. The molecule has 2 unspecified atom stereocenters. The second kappa shape index (κ2) is 10.6. The van der Waals surface area contributed by atoms with Crippen molar-refractivity contribution in [3.63, 3.8) is 0 Å². The van der Waals surface area contributed by atoms with E-state index < -0.39 is 12.1 Å². The van der Waals surface area contributed by atoms with E-state index in [4.69, 9.17) is 9.90 Å². The van der Waals surface area contributed by atoms with Crippen LogP contribution >= 0.6 is 0 Å². The maximum Gasteiger partial charge on any atom is 0.490 e. The molecule has 0 bridgehead atoms. The highest BCUT2D eigenvalue weighted by Gasteiger charge is 2.40. The van der Waals surface area contributed by atoms with Crippen LogP contribution in [0.25, 0.3) is 0 Å². The highest BCUT2D eigenvalue weighted by molar-refractivity contribution is 5.94. The molecule has 0 radical (unpaired) electrons. The first kappa shape index (κ1) is 23.8. The maximum atomic E-state index is 12.9. The predicted molar refractivity (Wildman–Crippen MR) is 114 cm³/mol. The Morgan fingerprint density at radius 2 is 1.50 bits per heavy atom. The lowest BCUT2D eigenvalue weighted by Crippen LogP contribution is -2.50. The summed E-state index contributed by atoms with van der Waals surface area (Å²) in [5.74, 6) is -1.87. The number of aliphatic carboxylic acids is 1. The number of likely N-dealkylation sites (tertiary alicyclic amines) is 2. The molecule has 4 rings (SSSR count). The van der Waals surface area contributed by atoms with Gasteiger partial charge in [-0.05, 0) is 49.4 Å². The van der Waals surface area contributed by atoms with Gasteiger partial charge in [-0.3, -0.25) is 4.79 Å². The van der Waals surface area contributed by atoms with Gasteiger partial charge in [-0.1, -0.05) is 48.5 Å². The van der Waals surface area contributed by atoms with Crippen molar-refractivity contribution in [2.45, 2.75) is 31.5 Å².